The number of amides is 1. The van der Waals surface area contributed by atoms with Crippen LogP contribution < -0.4 is 10.1 Å². The van der Waals surface area contributed by atoms with Gasteiger partial charge < -0.3 is 19.9 Å². The van der Waals surface area contributed by atoms with Crippen molar-refractivity contribution in [2.45, 2.75) is 13.0 Å². The predicted molar refractivity (Wildman–Crippen MR) is 103 cm³/mol. The number of alkyl halides is 2. The van der Waals surface area contributed by atoms with Gasteiger partial charge in [-0.25, -0.2) is 0 Å². The van der Waals surface area contributed by atoms with Crippen molar-refractivity contribution in [1.82, 2.24) is 5.32 Å². The molecular formula is C19H17Cl2F2NO4. The molecule has 0 atom stereocenters. The molecule has 0 aliphatic heterocycles. The Labute approximate surface area is 170 Å². The standard InChI is InChI=1S/C19H17Cl2F2NO4/c1-27-17-8-11(2-5-16(17)25)6-7-24-18(26)13(10-28-19(22)23)12-3-4-14(20)15(21)9-12/h2-5,8-10,19,25H,6-7H2,1H3,(H,24,26)/b13-10+. The second-order valence-electron chi connectivity index (χ2n) is 5.57. The number of ether oxygens (including phenoxy) is 2. The van der Waals surface area contributed by atoms with E-state index in [9.17, 15) is 18.7 Å². The van der Waals surface area contributed by atoms with E-state index in [2.05, 4.69) is 10.1 Å². The minimum Gasteiger partial charge on any atom is -0.504 e. The smallest absolute Gasteiger partial charge is 0.386 e. The Kier molecular flexibility index (Phi) is 7.90. The number of rotatable bonds is 8. The lowest BCUT2D eigenvalue weighted by atomic mass is 10.1. The Bertz CT molecular complexity index is 875. The second-order valence-corrected chi connectivity index (χ2v) is 6.38. The van der Waals surface area contributed by atoms with E-state index in [0.717, 1.165) is 5.56 Å². The fourth-order valence-electron chi connectivity index (χ4n) is 2.33. The molecule has 0 spiro atoms. The zero-order valence-corrected chi connectivity index (χ0v) is 16.2. The molecule has 2 rings (SSSR count). The number of methoxy groups -OCH3 is 1. The quantitative estimate of drug-likeness (QED) is 0.471. The first kappa shape index (κ1) is 21.8. The number of phenols is 1. The topological polar surface area (TPSA) is 67.8 Å². The van der Waals surface area contributed by atoms with E-state index in [0.29, 0.717) is 18.4 Å². The van der Waals surface area contributed by atoms with Crippen LogP contribution in [0.1, 0.15) is 11.1 Å². The van der Waals surface area contributed by atoms with E-state index in [-0.39, 0.29) is 33.5 Å². The van der Waals surface area contributed by atoms with Crippen molar-refractivity contribution in [3.63, 3.8) is 0 Å². The summed E-state index contributed by atoms with van der Waals surface area (Å²) in [5.41, 5.74) is 0.958. The molecule has 0 unspecified atom stereocenters. The highest BCUT2D eigenvalue weighted by molar-refractivity contribution is 6.42. The van der Waals surface area contributed by atoms with Crippen molar-refractivity contribution >= 4 is 34.7 Å². The van der Waals surface area contributed by atoms with Crippen molar-refractivity contribution in [2.24, 2.45) is 0 Å². The SMILES string of the molecule is COc1cc(CCNC(=O)/C(=C/OC(F)F)c2ccc(Cl)c(Cl)c2)ccc1O. The Morgan fingerprint density at radius 1 is 1.21 bits per heavy atom. The molecule has 0 radical (unpaired) electrons. The number of carbonyl (C=O) groups excluding carboxylic acids is 1. The van der Waals surface area contributed by atoms with Gasteiger partial charge in [0.1, 0.15) is 6.26 Å². The first-order valence-electron chi connectivity index (χ1n) is 8.05. The third-order valence-corrected chi connectivity index (χ3v) is 4.45. The van der Waals surface area contributed by atoms with E-state index in [1.165, 1.54) is 31.4 Å². The van der Waals surface area contributed by atoms with Crippen molar-refractivity contribution in [3.8, 4) is 11.5 Å². The van der Waals surface area contributed by atoms with E-state index < -0.39 is 12.5 Å². The number of phenolic OH excluding ortho intramolecular Hbond substituents is 1. The molecule has 0 aliphatic carbocycles. The number of benzene rings is 2. The molecule has 0 fully saturated rings. The van der Waals surface area contributed by atoms with Crippen molar-refractivity contribution in [1.29, 1.82) is 0 Å². The molecule has 2 aromatic carbocycles. The van der Waals surface area contributed by atoms with Gasteiger partial charge in [-0.3, -0.25) is 4.79 Å². The zero-order chi connectivity index (χ0) is 20.7. The number of halogens is 4. The Morgan fingerprint density at radius 3 is 2.61 bits per heavy atom. The van der Waals surface area contributed by atoms with Gasteiger partial charge in [-0.15, -0.1) is 0 Å². The monoisotopic (exact) mass is 431 g/mol. The number of aromatic hydroxyl groups is 1. The largest absolute Gasteiger partial charge is 0.504 e. The van der Waals surface area contributed by atoms with Gasteiger partial charge in [0.05, 0.1) is 22.7 Å². The molecule has 0 saturated heterocycles. The van der Waals surface area contributed by atoms with E-state index >= 15 is 0 Å². The fourth-order valence-corrected chi connectivity index (χ4v) is 2.63. The molecule has 2 N–H and O–H groups in total. The van der Waals surface area contributed by atoms with Crippen LogP contribution in [0.3, 0.4) is 0 Å². The summed E-state index contributed by atoms with van der Waals surface area (Å²) in [6.07, 6.45) is 1.11. The zero-order valence-electron chi connectivity index (χ0n) is 14.7. The second kappa shape index (κ2) is 10.1. The summed E-state index contributed by atoms with van der Waals surface area (Å²) in [6.45, 7) is -2.87. The average Bonchev–Trinajstić information content (AvgIpc) is 2.65. The summed E-state index contributed by atoms with van der Waals surface area (Å²) in [4.78, 5) is 12.5. The van der Waals surface area contributed by atoms with Crippen LogP contribution in [0, 0.1) is 0 Å². The third kappa shape index (κ3) is 6.00. The molecule has 0 aromatic heterocycles. The van der Waals surface area contributed by atoms with Gasteiger partial charge in [-0.05, 0) is 41.8 Å². The lowest BCUT2D eigenvalue weighted by molar-refractivity contribution is -0.116. The summed E-state index contributed by atoms with van der Waals surface area (Å²) in [6, 6.07) is 9.10. The first-order chi connectivity index (χ1) is 13.3. The van der Waals surface area contributed by atoms with Gasteiger partial charge in [0.25, 0.3) is 5.91 Å². The minimum absolute atomic E-state index is 0.00395. The Balaban J connectivity index is 2.10. The molecule has 0 aliphatic rings. The average molecular weight is 432 g/mol. The summed E-state index contributed by atoms with van der Waals surface area (Å²) < 4.78 is 34.0. The normalized spacial score (nSPS) is 11.4. The lowest BCUT2D eigenvalue weighted by Crippen LogP contribution is -2.27. The molecule has 28 heavy (non-hydrogen) atoms. The minimum atomic E-state index is -3.07. The van der Waals surface area contributed by atoms with Crippen LogP contribution in [0.25, 0.3) is 5.57 Å². The molecule has 1 amide bonds. The van der Waals surface area contributed by atoms with Crippen molar-refractivity contribution in [3.05, 3.63) is 63.8 Å². The molecule has 150 valence electrons. The number of hydrogen-bond acceptors (Lipinski definition) is 4. The summed E-state index contributed by atoms with van der Waals surface area (Å²) >= 11 is 11.8. The number of hydrogen-bond donors (Lipinski definition) is 2. The number of carbonyl (C=O) groups is 1. The Hall–Kier alpha value is -2.51. The lowest BCUT2D eigenvalue weighted by Gasteiger charge is -2.11. The van der Waals surface area contributed by atoms with Gasteiger partial charge in [-0.2, -0.15) is 8.78 Å². The van der Waals surface area contributed by atoms with Gasteiger partial charge in [0.15, 0.2) is 11.5 Å². The van der Waals surface area contributed by atoms with E-state index in [1.54, 1.807) is 12.1 Å². The fraction of sp³-hybridized carbons (Fsp3) is 0.211. The maximum Gasteiger partial charge on any atom is 0.386 e. The maximum atomic E-state index is 12.5. The highest BCUT2D eigenvalue weighted by Crippen LogP contribution is 2.27. The Morgan fingerprint density at radius 2 is 1.96 bits per heavy atom. The maximum absolute atomic E-state index is 12.5. The van der Waals surface area contributed by atoms with Crippen molar-refractivity contribution in [2.75, 3.05) is 13.7 Å². The summed E-state index contributed by atoms with van der Waals surface area (Å²) in [5, 5.41) is 12.7. The predicted octanol–water partition coefficient (Wildman–Crippen LogP) is 4.65. The van der Waals surface area contributed by atoms with Crippen LogP contribution in [0.4, 0.5) is 8.78 Å². The molecule has 5 nitrogen and oxygen atoms in total. The summed E-state index contributed by atoms with van der Waals surface area (Å²) in [7, 11) is 1.43. The van der Waals surface area contributed by atoms with E-state index in [4.69, 9.17) is 27.9 Å². The first-order valence-corrected chi connectivity index (χ1v) is 8.80. The van der Waals surface area contributed by atoms with Crippen molar-refractivity contribution < 1.29 is 28.2 Å². The van der Waals surface area contributed by atoms with Gasteiger partial charge in [-0.1, -0.05) is 35.3 Å². The van der Waals surface area contributed by atoms with Gasteiger partial charge >= 0.3 is 6.61 Å². The summed E-state index contributed by atoms with van der Waals surface area (Å²) in [5.74, 6) is -0.306. The third-order valence-electron chi connectivity index (χ3n) is 3.71. The molecule has 0 heterocycles. The van der Waals surface area contributed by atoms with Crippen LogP contribution in [0.2, 0.25) is 10.0 Å². The molecular weight excluding hydrogens is 415 g/mol. The van der Waals surface area contributed by atoms with Crippen LogP contribution >= 0.6 is 23.2 Å². The molecule has 9 heteroatoms. The molecule has 2 aromatic rings. The van der Waals surface area contributed by atoms with Crippen LogP contribution in [0.5, 0.6) is 11.5 Å². The van der Waals surface area contributed by atoms with Gasteiger partial charge in [0, 0.05) is 6.54 Å². The molecule has 0 saturated carbocycles. The van der Waals surface area contributed by atoms with Crippen LogP contribution in [0.15, 0.2) is 42.7 Å². The number of nitrogens with one attached hydrogen (secondary N) is 1. The van der Waals surface area contributed by atoms with Gasteiger partial charge in [0.2, 0.25) is 0 Å². The highest BCUT2D eigenvalue weighted by Gasteiger charge is 2.15. The van der Waals surface area contributed by atoms with E-state index in [1.807, 2.05) is 0 Å². The van der Waals surface area contributed by atoms with Crippen LogP contribution in [-0.4, -0.2) is 31.3 Å². The highest BCUT2D eigenvalue weighted by atomic mass is 35.5. The van der Waals surface area contributed by atoms with Crippen LogP contribution in [-0.2, 0) is 16.0 Å². The molecule has 0 bridgehead atoms.